The number of allylic oxidation sites excluding steroid dienone is 1. The van der Waals surface area contributed by atoms with Crippen LogP contribution in [0.2, 0.25) is 0 Å². The summed E-state index contributed by atoms with van der Waals surface area (Å²) < 4.78 is 0. The number of carboxylic acid groups (broad SMARTS) is 1. The van der Waals surface area contributed by atoms with Gasteiger partial charge in [0.1, 0.15) is 0 Å². The van der Waals surface area contributed by atoms with Gasteiger partial charge in [-0.2, -0.15) is 0 Å². The second kappa shape index (κ2) is 8.79. The summed E-state index contributed by atoms with van der Waals surface area (Å²) in [5.41, 5.74) is 2.98. The number of carbonyl (C=O) groups is 4. The molecule has 1 N–H and O–H groups in total. The summed E-state index contributed by atoms with van der Waals surface area (Å²) in [6.45, 7) is 2.25. The second-order valence-corrected chi connectivity index (χ2v) is 8.78. The second-order valence-electron chi connectivity index (χ2n) is 8.78. The number of aliphatic carboxylic acids is 1. The molecular formula is C27H23N3O5. The van der Waals surface area contributed by atoms with E-state index in [0.29, 0.717) is 54.0 Å². The number of Topliss-reactive ketones (excluding diaryl/α,β-unsaturated/α-hetero) is 1. The molecule has 2 aliphatic rings. The van der Waals surface area contributed by atoms with Crippen molar-refractivity contribution in [2.75, 3.05) is 18.0 Å². The number of pyridine rings is 1. The topological polar surface area (TPSA) is 108 Å². The van der Waals surface area contributed by atoms with E-state index < -0.39 is 11.9 Å². The van der Waals surface area contributed by atoms with Crippen LogP contribution in [0.25, 0.3) is 17.0 Å². The summed E-state index contributed by atoms with van der Waals surface area (Å²) in [5.74, 6) is -1.83. The normalized spacial score (nSPS) is 17.2. The lowest BCUT2D eigenvalue weighted by Crippen LogP contribution is -2.40. The molecule has 3 heterocycles. The summed E-state index contributed by atoms with van der Waals surface area (Å²) in [5, 5.41) is 9.93. The summed E-state index contributed by atoms with van der Waals surface area (Å²) in [6, 6.07) is 15.8. The van der Waals surface area contributed by atoms with E-state index in [0.717, 1.165) is 5.39 Å². The molecule has 0 bridgehead atoms. The van der Waals surface area contributed by atoms with Crippen molar-refractivity contribution in [1.82, 2.24) is 9.88 Å². The van der Waals surface area contributed by atoms with E-state index in [-0.39, 0.29) is 23.3 Å². The average Bonchev–Trinajstić information content (AvgIpc) is 3.15. The standard InChI is InChI=1S/C27H23N3O5/c1-16(31)30-23-5-3-2-4-21(23)25(32)24(30)15-20-8-6-18-14-19(7-9-22(18)28-20)26(33)29-12-10-17(11-13-29)27(34)35/h2-9,14-15,17H,10-13H2,1H3,(H,34,35)/b24-15+. The van der Waals surface area contributed by atoms with E-state index >= 15 is 0 Å². The number of aromatic nitrogens is 1. The van der Waals surface area contributed by atoms with Gasteiger partial charge in [-0.1, -0.05) is 18.2 Å². The fraction of sp³-hybridized carbons (Fsp3) is 0.222. The number of amides is 2. The SMILES string of the molecule is CC(=O)N1/C(=C/c2ccc3cc(C(=O)N4CCC(C(=O)O)CC4)ccc3n2)C(=O)c2ccccc21. The number of likely N-dealkylation sites (tertiary alicyclic amines) is 1. The predicted molar refractivity (Wildman–Crippen MR) is 130 cm³/mol. The maximum Gasteiger partial charge on any atom is 0.306 e. The third kappa shape index (κ3) is 4.07. The van der Waals surface area contributed by atoms with Crippen molar-refractivity contribution in [2.24, 2.45) is 5.92 Å². The molecule has 176 valence electrons. The highest BCUT2D eigenvalue weighted by Gasteiger charge is 2.34. The first-order valence-corrected chi connectivity index (χ1v) is 11.4. The lowest BCUT2D eigenvalue weighted by atomic mass is 9.96. The Morgan fingerprint density at radius 2 is 1.77 bits per heavy atom. The monoisotopic (exact) mass is 469 g/mol. The van der Waals surface area contributed by atoms with Crippen molar-refractivity contribution in [3.63, 3.8) is 0 Å². The number of nitrogens with zero attached hydrogens (tertiary/aromatic N) is 3. The molecule has 2 aromatic carbocycles. The third-order valence-electron chi connectivity index (χ3n) is 6.55. The van der Waals surface area contributed by atoms with E-state index in [1.807, 2.05) is 6.07 Å². The maximum atomic E-state index is 12.9. The molecule has 35 heavy (non-hydrogen) atoms. The zero-order valence-corrected chi connectivity index (χ0v) is 19.1. The smallest absolute Gasteiger partial charge is 0.306 e. The zero-order chi connectivity index (χ0) is 24.7. The molecule has 0 spiro atoms. The number of ketones is 1. The van der Waals surface area contributed by atoms with Crippen LogP contribution in [-0.4, -0.2) is 51.6 Å². The van der Waals surface area contributed by atoms with Gasteiger partial charge in [0.2, 0.25) is 11.7 Å². The van der Waals surface area contributed by atoms with Crippen LogP contribution in [-0.2, 0) is 9.59 Å². The molecule has 0 unspecified atom stereocenters. The Morgan fingerprint density at radius 3 is 2.49 bits per heavy atom. The number of anilines is 1. The zero-order valence-electron chi connectivity index (χ0n) is 19.1. The minimum Gasteiger partial charge on any atom is -0.481 e. The number of hydrogen-bond donors (Lipinski definition) is 1. The van der Waals surface area contributed by atoms with E-state index in [9.17, 15) is 19.2 Å². The highest BCUT2D eigenvalue weighted by Crippen LogP contribution is 2.35. The molecule has 8 heteroatoms. The first-order valence-electron chi connectivity index (χ1n) is 11.4. The van der Waals surface area contributed by atoms with Gasteiger partial charge in [-0.05, 0) is 55.3 Å². The molecule has 3 aromatic rings. The molecule has 8 nitrogen and oxygen atoms in total. The van der Waals surface area contributed by atoms with E-state index in [1.54, 1.807) is 59.5 Å². The first kappa shape index (κ1) is 22.5. The van der Waals surface area contributed by atoms with E-state index in [1.165, 1.54) is 11.8 Å². The highest BCUT2D eigenvalue weighted by atomic mass is 16.4. The summed E-state index contributed by atoms with van der Waals surface area (Å²) >= 11 is 0. The first-order chi connectivity index (χ1) is 16.8. The molecule has 5 rings (SSSR count). The van der Waals surface area contributed by atoms with Gasteiger partial charge >= 0.3 is 5.97 Å². The molecule has 2 aliphatic heterocycles. The van der Waals surface area contributed by atoms with Crippen LogP contribution in [0.15, 0.2) is 60.3 Å². The predicted octanol–water partition coefficient (Wildman–Crippen LogP) is 3.76. The Bertz CT molecular complexity index is 1420. The van der Waals surface area contributed by atoms with Crippen molar-refractivity contribution in [1.29, 1.82) is 0 Å². The highest BCUT2D eigenvalue weighted by molar-refractivity contribution is 6.26. The lowest BCUT2D eigenvalue weighted by Gasteiger charge is -2.30. The van der Waals surface area contributed by atoms with Crippen molar-refractivity contribution >= 4 is 46.2 Å². The molecule has 1 saturated heterocycles. The van der Waals surface area contributed by atoms with Gasteiger partial charge in [-0.15, -0.1) is 0 Å². The van der Waals surface area contributed by atoms with Crippen LogP contribution < -0.4 is 4.90 Å². The largest absolute Gasteiger partial charge is 0.481 e. The molecule has 1 fully saturated rings. The molecule has 0 aliphatic carbocycles. The maximum absolute atomic E-state index is 12.9. The van der Waals surface area contributed by atoms with Crippen molar-refractivity contribution in [2.45, 2.75) is 19.8 Å². The van der Waals surface area contributed by atoms with Crippen LogP contribution in [0.3, 0.4) is 0 Å². The Morgan fingerprint density at radius 1 is 1.03 bits per heavy atom. The van der Waals surface area contributed by atoms with Crippen LogP contribution in [0, 0.1) is 5.92 Å². The Labute approximate surface area is 201 Å². The number of carbonyl (C=O) groups excluding carboxylic acids is 3. The van der Waals surface area contributed by atoms with E-state index in [2.05, 4.69) is 4.98 Å². The number of rotatable bonds is 3. The van der Waals surface area contributed by atoms with Gasteiger partial charge in [-0.25, -0.2) is 4.98 Å². The van der Waals surface area contributed by atoms with Crippen LogP contribution in [0.4, 0.5) is 5.69 Å². The number of piperidine rings is 1. The summed E-state index contributed by atoms with van der Waals surface area (Å²) in [4.78, 5) is 57.0. The quantitative estimate of drug-likeness (QED) is 0.585. The minimum atomic E-state index is -0.811. The van der Waals surface area contributed by atoms with Crippen molar-refractivity contribution in [3.05, 3.63) is 77.1 Å². The third-order valence-corrected chi connectivity index (χ3v) is 6.55. The Balaban J connectivity index is 1.40. The average molecular weight is 469 g/mol. The van der Waals surface area contributed by atoms with Crippen LogP contribution >= 0.6 is 0 Å². The minimum absolute atomic E-state index is 0.131. The fourth-order valence-corrected chi connectivity index (χ4v) is 4.71. The van der Waals surface area contributed by atoms with Gasteiger partial charge in [0.05, 0.1) is 28.5 Å². The number of carboxylic acids is 1. The number of benzene rings is 2. The number of fused-ring (bicyclic) bond motifs is 2. The van der Waals surface area contributed by atoms with Gasteiger partial charge < -0.3 is 10.0 Å². The number of para-hydroxylation sites is 1. The van der Waals surface area contributed by atoms with Crippen LogP contribution in [0.1, 0.15) is 46.2 Å². The fourth-order valence-electron chi connectivity index (χ4n) is 4.71. The van der Waals surface area contributed by atoms with E-state index in [4.69, 9.17) is 5.11 Å². The molecule has 2 amide bonds. The van der Waals surface area contributed by atoms with Gasteiger partial charge in [0.25, 0.3) is 5.91 Å². The molecule has 0 saturated carbocycles. The number of hydrogen-bond acceptors (Lipinski definition) is 5. The Kier molecular flexibility index (Phi) is 5.64. The molecule has 1 aromatic heterocycles. The summed E-state index contributed by atoms with van der Waals surface area (Å²) in [6.07, 6.45) is 2.51. The molecule has 0 atom stereocenters. The van der Waals surface area contributed by atoms with Gasteiger partial charge in [0.15, 0.2) is 0 Å². The van der Waals surface area contributed by atoms with Crippen molar-refractivity contribution in [3.8, 4) is 0 Å². The van der Waals surface area contributed by atoms with Gasteiger partial charge in [-0.3, -0.25) is 24.1 Å². The molecular weight excluding hydrogens is 446 g/mol. The van der Waals surface area contributed by atoms with Crippen LogP contribution in [0.5, 0.6) is 0 Å². The molecule has 0 radical (unpaired) electrons. The van der Waals surface area contributed by atoms with Gasteiger partial charge in [0, 0.05) is 36.5 Å². The van der Waals surface area contributed by atoms with Crippen molar-refractivity contribution < 1.29 is 24.3 Å². The summed E-state index contributed by atoms with van der Waals surface area (Å²) in [7, 11) is 0. The Hall–Kier alpha value is -4.33. The lowest BCUT2D eigenvalue weighted by molar-refractivity contribution is -0.143.